The van der Waals surface area contributed by atoms with E-state index in [1.54, 1.807) is 14.0 Å². The average molecular weight is 252 g/mol. The number of hydrogen-bond donors (Lipinski definition) is 0. The molecule has 0 aliphatic heterocycles. The fraction of sp³-hybridized carbons (Fsp3) is 0.118. The van der Waals surface area contributed by atoms with Crippen LogP contribution < -0.4 is 4.74 Å². The Labute approximate surface area is 113 Å². The van der Waals surface area contributed by atoms with Gasteiger partial charge in [0.05, 0.1) is 7.11 Å². The van der Waals surface area contributed by atoms with Gasteiger partial charge in [-0.1, -0.05) is 36.9 Å². The smallest absolute Gasteiger partial charge is 0.159 e. The van der Waals surface area contributed by atoms with Crippen LogP contribution >= 0.6 is 0 Å². The lowest BCUT2D eigenvalue weighted by molar-refractivity contribution is 0.101. The molecule has 0 aliphatic rings. The van der Waals surface area contributed by atoms with Crippen LogP contribution in [0.1, 0.15) is 28.4 Å². The van der Waals surface area contributed by atoms with E-state index in [2.05, 4.69) is 6.58 Å². The first-order valence-electron chi connectivity index (χ1n) is 6.06. The molecule has 0 aromatic heterocycles. The van der Waals surface area contributed by atoms with Crippen molar-refractivity contribution in [3.8, 4) is 5.75 Å². The van der Waals surface area contributed by atoms with Gasteiger partial charge in [0.2, 0.25) is 0 Å². The molecule has 96 valence electrons. The lowest BCUT2D eigenvalue weighted by atomic mass is 9.97. The van der Waals surface area contributed by atoms with Gasteiger partial charge in [0.15, 0.2) is 5.78 Å². The van der Waals surface area contributed by atoms with Gasteiger partial charge < -0.3 is 4.74 Å². The maximum absolute atomic E-state index is 11.4. The summed E-state index contributed by atoms with van der Waals surface area (Å²) in [6.07, 6.45) is 0. The molecule has 0 radical (unpaired) electrons. The summed E-state index contributed by atoms with van der Waals surface area (Å²) in [6, 6.07) is 15.2. The van der Waals surface area contributed by atoms with Crippen LogP contribution in [0, 0.1) is 0 Å². The molecular formula is C17H16O2. The molecule has 0 amide bonds. The Balaban J connectivity index is 2.38. The second-order valence-corrected chi connectivity index (χ2v) is 4.35. The molecule has 0 saturated heterocycles. The van der Waals surface area contributed by atoms with E-state index in [-0.39, 0.29) is 5.78 Å². The van der Waals surface area contributed by atoms with E-state index in [1.807, 2.05) is 48.5 Å². The van der Waals surface area contributed by atoms with Crippen LogP contribution in [0.2, 0.25) is 0 Å². The zero-order chi connectivity index (χ0) is 13.8. The minimum atomic E-state index is 0.0558. The molecule has 2 aromatic rings. The van der Waals surface area contributed by atoms with E-state index in [9.17, 15) is 4.79 Å². The van der Waals surface area contributed by atoms with Crippen LogP contribution in [0.4, 0.5) is 0 Å². The number of hydrogen-bond acceptors (Lipinski definition) is 2. The normalized spacial score (nSPS) is 10.0. The standard InChI is InChI=1S/C17H16O2/c1-12(15-7-5-9-17(11-15)19-3)14-6-4-8-16(10-14)13(2)18/h4-11H,1H2,2-3H3. The van der Waals surface area contributed by atoms with Crippen molar-refractivity contribution in [2.45, 2.75) is 6.92 Å². The van der Waals surface area contributed by atoms with Gasteiger partial charge in [0.1, 0.15) is 5.75 Å². The summed E-state index contributed by atoms with van der Waals surface area (Å²) in [7, 11) is 1.64. The number of methoxy groups -OCH3 is 1. The molecule has 0 fully saturated rings. The number of rotatable bonds is 4. The van der Waals surface area contributed by atoms with Crippen LogP contribution in [0.25, 0.3) is 5.57 Å². The summed E-state index contributed by atoms with van der Waals surface area (Å²) in [6.45, 7) is 5.67. The van der Waals surface area contributed by atoms with E-state index in [4.69, 9.17) is 4.74 Å². The van der Waals surface area contributed by atoms with Crippen molar-refractivity contribution in [2.24, 2.45) is 0 Å². The van der Waals surface area contributed by atoms with Gasteiger partial charge in [0.25, 0.3) is 0 Å². The highest BCUT2D eigenvalue weighted by molar-refractivity contribution is 5.95. The lowest BCUT2D eigenvalue weighted by Crippen LogP contribution is -1.94. The second kappa shape index (κ2) is 5.53. The maximum Gasteiger partial charge on any atom is 0.159 e. The van der Waals surface area contributed by atoms with Crippen molar-refractivity contribution in [3.63, 3.8) is 0 Å². The van der Waals surface area contributed by atoms with E-state index < -0.39 is 0 Å². The number of benzene rings is 2. The molecule has 0 atom stereocenters. The van der Waals surface area contributed by atoms with Crippen LogP contribution in [0.15, 0.2) is 55.1 Å². The summed E-state index contributed by atoms with van der Waals surface area (Å²) in [5, 5.41) is 0. The molecule has 2 nitrogen and oxygen atoms in total. The predicted molar refractivity (Wildman–Crippen MR) is 77.6 cm³/mol. The lowest BCUT2D eigenvalue weighted by Gasteiger charge is -2.09. The van der Waals surface area contributed by atoms with E-state index >= 15 is 0 Å². The van der Waals surface area contributed by atoms with Gasteiger partial charge in [-0.3, -0.25) is 4.79 Å². The van der Waals surface area contributed by atoms with E-state index in [1.165, 1.54) is 0 Å². The van der Waals surface area contributed by atoms with Gasteiger partial charge in [0, 0.05) is 5.56 Å². The molecule has 0 heterocycles. The Hall–Kier alpha value is -2.35. The molecule has 0 unspecified atom stereocenters. The van der Waals surface area contributed by atoms with Crippen LogP contribution in [0.3, 0.4) is 0 Å². The zero-order valence-corrected chi connectivity index (χ0v) is 11.1. The third-order valence-corrected chi connectivity index (χ3v) is 3.04. The summed E-state index contributed by atoms with van der Waals surface area (Å²) >= 11 is 0. The summed E-state index contributed by atoms with van der Waals surface area (Å²) in [5.41, 5.74) is 3.50. The van der Waals surface area contributed by atoms with Gasteiger partial charge in [-0.05, 0) is 41.8 Å². The Kier molecular flexibility index (Phi) is 3.81. The molecule has 19 heavy (non-hydrogen) atoms. The Morgan fingerprint density at radius 3 is 2.21 bits per heavy atom. The number of carbonyl (C=O) groups is 1. The Bertz CT molecular complexity index is 627. The highest BCUT2D eigenvalue weighted by atomic mass is 16.5. The monoisotopic (exact) mass is 252 g/mol. The van der Waals surface area contributed by atoms with Crippen molar-refractivity contribution in [1.29, 1.82) is 0 Å². The van der Waals surface area contributed by atoms with Crippen LogP contribution in [-0.4, -0.2) is 12.9 Å². The van der Waals surface area contributed by atoms with E-state index in [0.29, 0.717) is 5.56 Å². The van der Waals surface area contributed by atoms with Crippen LogP contribution in [-0.2, 0) is 0 Å². The molecule has 0 saturated carbocycles. The van der Waals surface area contributed by atoms with Gasteiger partial charge >= 0.3 is 0 Å². The van der Waals surface area contributed by atoms with Crippen molar-refractivity contribution in [3.05, 3.63) is 71.8 Å². The third kappa shape index (κ3) is 2.91. The van der Waals surface area contributed by atoms with Crippen molar-refractivity contribution >= 4 is 11.4 Å². The summed E-state index contributed by atoms with van der Waals surface area (Å²) < 4.78 is 5.21. The first kappa shape index (κ1) is 13.1. The fourth-order valence-corrected chi connectivity index (χ4v) is 1.90. The molecular weight excluding hydrogens is 236 g/mol. The first-order valence-corrected chi connectivity index (χ1v) is 6.06. The fourth-order valence-electron chi connectivity index (χ4n) is 1.90. The van der Waals surface area contributed by atoms with Crippen molar-refractivity contribution < 1.29 is 9.53 Å². The molecule has 0 N–H and O–H groups in total. The van der Waals surface area contributed by atoms with E-state index in [0.717, 1.165) is 22.4 Å². The SMILES string of the molecule is C=C(c1cccc(OC)c1)c1cccc(C(C)=O)c1. The summed E-state index contributed by atoms with van der Waals surface area (Å²) in [5.74, 6) is 0.849. The van der Waals surface area contributed by atoms with Gasteiger partial charge in [-0.25, -0.2) is 0 Å². The van der Waals surface area contributed by atoms with Crippen LogP contribution in [0.5, 0.6) is 5.75 Å². The molecule has 2 heteroatoms. The Morgan fingerprint density at radius 1 is 1.00 bits per heavy atom. The topological polar surface area (TPSA) is 26.3 Å². The quantitative estimate of drug-likeness (QED) is 0.770. The summed E-state index contributed by atoms with van der Waals surface area (Å²) in [4.78, 5) is 11.4. The number of ether oxygens (including phenoxy) is 1. The predicted octanol–water partition coefficient (Wildman–Crippen LogP) is 3.96. The largest absolute Gasteiger partial charge is 0.497 e. The van der Waals surface area contributed by atoms with Crippen molar-refractivity contribution in [2.75, 3.05) is 7.11 Å². The molecule has 0 spiro atoms. The number of ketones is 1. The molecule has 2 aromatic carbocycles. The molecule has 0 aliphatic carbocycles. The zero-order valence-electron chi connectivity index (χ0n) is 11.1. The highest BCUT2D eigenvalue weighted by Gasteiger charge is 2.06. The first-order chi connectivity index (χ1) is 9.11. The minimum absolute atomic E-state index is 0.0558. The van der Waals surface area contributed by atoms with Crippen molar-refractivity contribution in [1.82, 2.24) is 0 Å². The van der Waals surface area contributed by atoms with Gasteiger partial charge in [-0.15, -0.1) is 0 Å². The number of carbonyl (C=O) groups excluding carboxylic acids is 1. The van der Waals surface area contributed by atoms with Gasteiger partial charge in [-0.2, -0.15) is 0 Å². The minimum Gasteiger partial charge on any atom is -0.497 e. The average Bonchev–Trinajstić information content (AvgIpc) is 2.46. The third-order valence-electron chi connectivity index (χ3n) is 3.04. The maximum atomic E-state index is 11.4. The second-order valence-electron chi connectivity index (χ2n) is 4.35. The molecule has 2 rings (SSSR count). The number of Topliss-reactive ketones (excluding diaryl/α,β-unsaturated/α-hetero) is 1. The highest BCUT2D eigenvalue weighted by Crippen LogP contribution is 2.25. The molecule has 0 bridgehead atoms. The Morgan fingerprint density at radius 2 is 1.58 bits per heavy atom.